The van der Waals surface area contributed by atoms with Crippen LogP contribution in [0.25, 0.3) is 0 Å². The Hall–Kier alpha value is -2.64. The molecule has 0 aliphatic carbocycles. The lowest BCUT2D eigenvalue weighted by Gasteiger charge is -2.23. The van der Waals surface area contributed by atoms with Crippen molar-refractivity contribution in [3.63, 3.8) is 0 Å². The molecule has 1 amide bonds. The van der Waals surface area contributed by atoms with Gasteiger partial charge in [0, 0.05) is 18.2 Å². The monoisotopic (exact) mass is 338 g/mol. The van der Waals surface area contributed by atoms with Gasteiger partial charge in [0.05, 0.1) is 18.5 Å². The standard InChI is InChI=1S/C16H22N2O6/c1-16(2,3)24-15(20)17-12(10-14(19)23-4)9-11-5-7-13(8-6-11)18(21)22/h5-8,12H,9-10H2,1-4H3,(H,17,20)/t12-/m0/s1. The lowest BCUT2D eigenvalue weighted by molar-refractivity contribution is -0.384. The van der Waals surface area contributed by atoms with Crippen molar-refractivity contribution in [2.45, 2.75) is 45.3 Å². The van der Waals surface area contributed by atoms with Crippen molar-refractivity contribution in [1.82, 2.24) is 5.32 Å². The van der Waals surface area contributed by atoms with Crippen molar-refractivity contribution in [2.75, 3.05) is 7.11 Å². The Balaban J connectivity index is 2.79. The van der Waals surface area contributed by atoms with E-state index in [0.717, 1.165) is 5.56 Å². The van der Waals surface area contributed by atoms with Crippen LogP contribution in [-0.4, -0.2) is 35.7 Å². The second kappa shape index (κ2) is 8.28. The van der Waals surface area contributed by atoms with Crippen molar-refractivity contribution in [2.24, 2.45) is 0 Å². The van der Waals surface area contributed by atoms with Gasteiger partial charge in [-0.2, -0.15) is 0 Å². The van der Waals surface area contributed by atoms with E-state index in [1.54, 1.807) is 32.9 Å². The largest absolute Gasteiger partial charge is 0.469 e. The van der Waals surface area contributed by atoms with Crippen molar-refractivity contribution in [3.8, 4) is 0 Å². The molecule has 1 aromatic carbocycles. The smallest absolute Gasteiger partial charge is 0.407 e. The van der Waals surface area contributed by atoms with Gasteiger partial charge >= 0.3 is 12.1 Å². The Bertz CT molecular complexity index is 592. The molecule has 132 valence electrons. The molecule has 0 radical (unpaired) electrons. The van der Waals surface area contributed by atoms with Crippen LogP contribution in [0.4, 0.5) is 10.5 Å². The van der Waals surface area contributed by atoms with Crippen LogP contribution in [0.3, 0.4) is 0 Å². The molecule has 0 fully saturated rings. The molecule has 1 rings (SSSR count). The van der Waals surface area contributed by atoms with E-state index < -0.39 is 28.6 Å². The fraction of sp³-hybridized carbons (Fsp3) is 0.500. The number of nitro benzene ring substituents is 1. The minimum absolute atomic E-state index is 0.0247. The van der Waals surface area contributed by atoms with E-state index in [-0.39, 0.29) is 12.1 Å². The van der Waals surface area contributed by atoms with Crippen LogP contribution in [0.15, 0.2) is 24.3 Å². The summed E-state index contributed by atoms with van der Waals surface area (Å²) in [5.41, 5.74) is 0.0571. The quantitative estimate of drug-likeness (QED) is 0.485. The van der Waals surface area contributed by atoms with Gasteiger partial charge in [0.25, 0.3) is 5.69 Å². The molecule has 1 N–H and O–H groups in total. The highest BCUT2D eigenvalue weighted by atomic mass is 16.6. The molecular formula is C16H22N2O6. The fourth-order valence-electron chi connectivity index (χ4n) is 1.97. The number of hydrogen-bond acceptors (Lipinski definition) is 6. The number of esters is 1. The second-order valence-electron chi connectivity index (χ2n) is 6.25. The molecule has 24 heavy (non-hydrogen) atoms. The van der Waals surface area contributed by atoms with Gasteiger partial charge < -0.3 is 14.8 Å². The van der Waals surface area contributed by atoms with Crippen LogP contribution in [0.1, 0.15) is 32.8 Å². The van der Waals surface area contributed by atoms with E-state index >= 15 is 0 Å². The lowest BCUT2D eigenvalue weighted by atomic mass is 10.0. The average molecular weight is 338 g/mol. The van der Waals surface area contributed by atoms with E-state index in [4.69, 9.17) is 4.74 Å². The highest BCUT2D eigenvalue weighted by molar-refractivity contribution is 5.73. The van der Waals surface area contributed by atoms with Crippen LogP contribution in [0, 0.1) is 10.1 Å². The number of non-ortho nitro benzene ring substituents is 1. The number of rotatable bonds is 6. The predicted octanol–water partition coefficient (Wildman–Crippen LogP) is 2.59. The van der Waals surface area contributed by atoms with E-state index in [0.29, 0.717) is 6.42 Å². The number of benzene rings is 1. The summed E-state index contributed by atoms with van der Waals surface area (Å²) in [4.78, 5) is 33.6. The maximum atomic E-state index is 11.9. The number of alkyl carbamates (subject to hydrolysis) is 1. The molecule has 0 saturated heterocycles. The van der Waals surface area contributed by atoms with E-state index in [1.807, 2.05) is 0 Å². The molecular weight excluding hydrogens is 316 g/mol. The van der Waals surface area contributed by atoms with Crippen LogP contribution in [0.2, 0.25) is 0 Å². The average Bonchev–Trinajstić information content (AvgIpc) is 2.45. The first kappa shape index (κ1) is 19.4. The van der Waals surface area contributed by atoms with Crippen LogP contribution in [-0.2, 0) is 20.7 Å². The third-order valence-electron chi connectivity index (χ3n) is 2.99. The van der Waals surface area contributed by atoms with Gasteiger partial charge in [-0.15, -0.1) is 0 Å². The number of amides is 1. The number of nitrogens with zero attached hydrogens (tertiary/aromatic N) is 1. The molecule has 8 nitrogen and oxygen atoms in total. The van der Waals surface area contributed by atoms with Gasteiger partial charge in [0.2, 0.25) is 0 Å². The van der Waals surface area contributed by atoms with Gasteiger partial charge in [0.1, 0.15) is 5.60 Å². The summed E-state index contributed by atoms with van der Waals surface area (Å²) in [6, 6.07) is 5.36. The maximum Gasteiger partial charge on any atom is 0.407 e. The molecule has 0 unspecified atom stereocenters. The normalized spacial score (nSPS) is 12.2. The molecule has 0 aromatic heterocycles. The van der Waals surface area contributed by atoms with Gasteiger partial charge in [-0.1, -0.05) is 12.1 Å². The zero-order valence-electron chi connectivity index (χ0n) is 14.2. The third-order valence-corrected chi connectivity index (χ3v) is 2.99. The molecule has 0 aliphatic heterocycles. The Labute approximate surface area is 140 Å². The van der Waals surface area contributed by atoms with E-state index in [9.17, 15) is 19.7 Å². The zero-order chi connectivity index (χ0) is 18.3. The zero-order valence-corrected chi connectivity index (χ0v) is 14.2. The summed E-state index contributed by atoms with van der Waals surface area (Å²) in [6.07, 6.45) is -0.364. The van der Waals surface area contributed by atoms with Crippen LogP contribution in [0.5, 0.6) is 0 Å². The molecule has 0 spiro atoms. The first-order chi connectivity index (χ1) is 11.1. The summed E-state index contributed by atoms with van der Waals surface area (Å²) in [7, 11) is 1.26. The molecule has 8 heteroatoms. The highest BCUT2D eigenvalue weighted by Crippen LogP contribution is 2.15. The maximum absolute atomic E-state index is 11.9. The van der Waals surface area contributed by atoms with E-state index in [1.165, 1.54) is 19.2 Å². The topological polar surface area (TPSA) is 108 Å². The number of hydrogen-bond donors (Lipinski definition) is 1. The Kier molecular flexibility index (Phi) is 6.69. The summed E-state index contributed by atoms with van der Waals surface area (Å²) in [5, 5.41) is 13.3. The summed E-state index contributed by atoms with van der Waals surface area (Å²) < 4.78 is 9.81. The number of carbonyl (C=O) groups excluding carboxylic acids is 2. The highest BCUT2D eigenvalue weighted by Gasteiger charge is 2.22. The minimum Gasteiger partial charge on any atom is -0.469 e. The number of carbonyl (C=O) groups is 2. The van der Waals surface area contributed by atoms with Gasteiger partial charge in [-0.25, -0.2) is 4.79 Å². The Morgan fingerprint density at radius 2 is 1.83 bits per heavy atom. The molecule has 1 atom stereocenters. The summed E-state index contributed by atoms with van der Waals surface area (Å²) in [5.74, 6) is -0.474. The molecule has 1 aromatic rings. The number of ether oxygens (including phenoxy) is 2. The van der Waals surface area contributed by atoms with Crippen molar-refractivity contribution in [1.29, 1.82) is 0 Å². The summed E-state index contributed by atoms with van der Waals surface area (Å²) in [6.45, 7) is 5.20. The van der Waals surface area contributed by atoms with Crippen LogP contribution < -0.4 is 5.32 Å². The number of methoxy groups -OCH3 is 1. The van der Waals surface area contributed by atoms with Crippen molar-refractivity contribution < 1.29 is 24.0 Å². The van der Waals surface area contributed by atoms with Crippen molar-refractivity contribution >= 4 is 17.7 Å². The molecule has 0 heterocycles. The SMILES string of the molecule is COC(=O)C[C@H](Cc1ccc([N+](=O)[O-])cc1)NC(=O)OC(C)(C)C. The predicted molar refractivity (Wildman–Crippen MR) is 86.6 cm³/mol. The third kappa shape index (κ3) is 7.08. The minimum atomic E-state index is -0.659. The van der Waals surface area contributed by atoms with E-state index in [2.05, 4.69) is 10.1 Å². The Morgan fingerprint density at radius 3 is 2.29 bits per heavy atom. The van der Waals surface area contributed by atoms with Crippen LogP contribution >= 0.6 is 0 Å². The summed E-state index contributed by atoms with van der Waals surface area (Å²) >= 11 is 0. The Morgan fingerprint density at radius 1 is 1.25 bits per heavy atom. The first-order valence-electron chi connectivity index (χ1n) is 7.40. The fourth-order valence-corrected chi connectivity index (χ4v) is 1.97. The first-order valence-corrected chi connectivity index (χ1v) is 7.40. The second-order valence-corrected chi connectivity index (χ2v) is 6.25. The number of nitro groups is 1. The number of nitrogens with one attached hydrogen (secondary N) is 1. The van der Waals surface area contributed by atoms with Gasteiger partial charge in [-0.3, -0.25) is 14.9 Å². The lowest BCUT2D eigenvalue weighted by Crippen LogP contribution is -2.41. The van der Waals surface area contributed by atoms with Crippen molar-refractivity contribution in [3.05, 3.63) is 39.9 Å². The molecule has 0 saturated carbocycles. The van der Waals surface area contributed by atoms with Gasteiger partial charge in [-0.05, 0) is 32.8 Å². The molecule has 0 bridgehead atoms. The molecule has 0 aliphatic rings. The van der Waals surface area contributed by atoms with Gasteiger partial charge in [0.15, 0.2) is 0 Å².